The lowest BCUT2D eigenvalue weighted by Crippen LogP contribution is -2.45. The summed E-state index contributed by atoms with van der Waals surface area (Å²) in [6, 6.07) is 7.47. The van der Waals surface area contributed by atoms with Crippen LogP contribution >= 0.6 is 0 Å². The Hall–Kier alpha value is -2.83. The molecule has 3 rings (SSSR count). The molecule has 2 amide bonds. The maximum Gasteiger partial charge on any atom is 0.257 e. The molecule has 0 saturated carbocycles. The first-order chi connectivity index (χ1) is 16.9. The molecule has 0 bridgehead atoms. The van der Waals surface area contributed by atoms with Crippen molar-refractivity contribution in [1.82, 2.24) is 19.6 Å². The van der Waals surface area contributed by atoms with E-state index in [1.807, 2.05) is 60.4 Å². The number of benzene rings is 1. The van der Waals surface area contributed by atoms with E-state index in [0.717, 1.165) is 50.8 Å². The molecule has 7 nitrogen and oxygen atoms in total. The average Bonchev–Trinajstić information content (AvgIpc) is 3.26. The van der Waals surface area contributed by atoms with Crippen molar-refractivity contribution in [3.8, 4) is 5.75 Å². The number of para-hydroxylation sites is 1. The molecule has 0 N–H and O–H groups in total. The largest absolute Gasteiger partial charge is 0.491 e. The molecular weight excluding hydrogens is 440 g/mol. The summed E-state index contributed by atoms with van der Waals surface area (Å²) in [5.74, 6) is 1.20. The van der Waals surface area contributed by atoms with Gasteiger partial charge in [0.1, 0.15) is 12.4 Å². The Morgan fingerprint density at radius 1 is 1.14 bits per heavy atom. The monoisotopic (exact) mass is 482 g/mol. The molecule has 0 radical (unpaired) electrons. The van der Waals surface area contributed by atoms with E-state index in [4.69, 9.17) is 4.74 Å². The fourth-order valence-electron chi connectivity index (χ4n) is 4.80. The predicted octanol–water partition coefficient (Wildman–Crippen LogP) is 4.71. The van der Waals surface area contributed by atoms with Gasteiger partial charge in [0.05, 0.1) is 17.8 Å². The van der Waals surface area contributed by atoms with Gasteiger partial charge in [-0.2, -0.15) is 5.10 Å². The van der Waals surface area contributed by atoms with Crippen LogP contribution in [0.4, 0.5) is 0 Å². The number of fused-ring (bicyclic) bond motifs is 1. The van der Waals surface area contributed by atoms with Crippen molar-refractivity contribution in [2.75, 3.05) is 26.2 Å². The van der Waals surface area contributed by atoms with E-state index in [0.29, 0.717) is 43.2 Å². The van der Waals surface area contributed by atoms with Gasteiger partial charge >= 0.3 is 0 Å². The standard InChI is InChI=1S/C28H42N4O3/c1-5-31-16-10-6-7-11-17-32(27(33)15-14-23-19-29-30(4)20-23)24(18-22(2)3)21-35-26-13-9-8-12-25(26)28(31)34/h8-9,12-13,19-20,22,24H,5-7,10-11,14-18,21H2,1-4H3/t24-/m0/s1. The molecule has 1 atom stereocenters. The normalized spacial score (nSPS) is 18.2. The van der Waals surface area contributed by atoms with Gasteiger partial charge in [-0.15, -0.1) is 0 Å². The number of nitrogens with zero attached hydrogens (tertiary/aromatic N) is 4. The van der Waals surface area contributed by atoms with Crippen LogP contribution in [0.5, 0.6) is 5.75 Å². The second-order valence-corrected chi connectivity index (χ2v) is 10.00. The molecule has 0 spiro atoms. The van der Waals surface area contributed by atoms with Gasteiger partial charge in [0.2, 0.25) is 5.91 Å². The van der Waals surface area contributed by atoms with Gasteiger partial charge in [-0.3, -0.25) is 14.3 Å². The highest BCUT2D eigenvalue weighted by Crippen LogP contribution is 2.23. The summed E-state index contributed by atoms with van der Waals surface area (Å²) >= 11 is 0. The van der Waals surface area contributed by atoms with Crippen LogP contribution in [-0.2, 0) is 18.3 Å². The summed E-state index contributed by atoms with van der Waals surface area (Å²) in [7, 11) is 1.89. The first-order valence-electron chi connectivity index (χ1n) is 13.2. The SMILES string of the molecule is CCN1CCCCCCN(C(=O)CCc2cnn(C)c2)[C@@H](CC(C)C)COc2ccccc2C1=O. The molecular formula is C28H42N4O3. The van der Waals surface area contributed by atoms with Crippen molar-refractivity contribution >= 4 is 11.8 Å². The van der Waals surface area contributed by atoms with E-state index in [-0.39, 0.29) is 17.9 Å². The highest BCUT2D eigenvalue weighted by molar-refractivity contribution is 5.96. The molecule has 2 heterocycles. The van der Waals surface area contributed by atoms with Crippen molar-refractivity contribution in [1.29, 1.82) is 0 Å². The summed E-state index contributed by atoms with van der Waals surface area (Å²) in [6.45, 7) is 8.94. The fraction of sp³-hybridized carbons (Fsp3) is 0.607. The van der Waals surface area contributed by atoms with E-state index < -0.39 is 0 Å². The third-order valence-corrected chi connectivity index (χ3v) is 6.69. The smallest absolute Gasteiger partial charge is 0.257 e. The minimum Gasteiger partial charge on any atom is -0.491 e. The molecule has 7 heteroatoms. The van der Waals surface area contributed by atoms with Crippen LogP contribution in [0, 0.1) is 5.92 Å². The minimum absolute atomic E-state index is 0.0185. The topological polar surface area (TPSA) is 67.7 Å². The van der Waals surface area contributed by atoms with Crippen molar-refractivity contribution in [3.63, 3.8) is 0 Å². The molecule has 2 aromatic rings. The van der Waals surface area contributed by atoms with Gasteiger partial charge < -0.3 is 14.5 Å². The van der Waals surface area contributed by atoms with E-state index in [1.54, 1.807) is 4.68 Å². The first kappa shape index (κ1) is 26.8. The summed E-state index contributed by atoms with van der Waals surface area (Å²) in [5, 5.41) is 4.23. The Bertz CT molecular complexity index is 955. The number of hydrogen-bond acceptors (Lipinski definition) is 4. The van der Waals surface area contributed by atoms with Crippen LogP contribution in [0.3, 0.4) is 0 Å². The van der Waals surface area contributed by atoms with Crippen LogP contribution in [0.2, 0.25) is 0 Å². The Morgan fingerprint density at radius 3 is 2.57 bits per heavy atom. The molecule has 192 valence electrons. The summed E-state index contributed by atoms with van der Waals surface area (Å²) < 4.78 is 8.07. The Morgan fingerprint density at radius 2 is 1.89 bits per heavy atom. The highest BCUT2D eigenvalue weighted by Gasteiger charge is 2.26. The Labute approximate surface area is 210 Å². The van der Waals surface area contributed by atoms with Crippen molar-refractivity contribution < 1.29 is 14.3 Å². The molecule has 1 aromatic heterocycles. The van der Waals surface area contributed by atoms with Crippen LogP contribution in [-0.4, -0.2) is 63.7 Å². The van der Waals surface area contributed by atoms with Crippen LogP contribution in [0.25, 0.3) is 0 Å². The second-order valence-electron chi connectivity index (χ2n) is 10.00. The number of carbonyl (C=O) groups excluding carboxylic acids is 2. The number of amides is 2. The maximum atomic E-state index is 13.5. The lowest BCUT2D eigenvalue weighted by Gasteiger charge is -2.34. The van der Waals surface area contributed by atoms with Crippen molar-refractivity contribution in [2.24, 2.45) is 13.0 Å². The number of aromatic nitrogens is 2. The van der Waals surface area contributed by atoms with Gasteiger partial charge in [-0.05, 0) is 56.2 Å². The third-order valence-electron chi connectivity index (χ3n) is 6.69. The summed E-state index contributed by atoms with van der Waals surface area (Å²) in [6.07, 6.45) is 9.82. The third kappa shape index (κ3) is 7.84. The zero-order valence-corrected chi connectivity index (χ0v) is 21.9. The number of ether oxygens (including phenoxy) is 1. The van der Waals surface area contributed by atoms with Crippen molar-refractivity contribution in [2.45, 2.75) is 71.8 Å². The van der Waals surface area contributed by atoms with Gasteiger partial charge in [0, 0.05) is 39.3 Å². The highest BCUT2D eigenvalue weighted by atomic mass is 16.5. The van der Waals surface area contributed by atoms with Gasteiger partial charge in [-0.25, -0.2) is 0 Å². The van der Waals surface area contributed by atoms with Crippen LogP contribution in [0.15, 0.2) is 36.7 Å². The predicted molar refractivity (Wildman–Crippen MR) is 138 cm³/mol. The van der Waals surface area contributed by atoms with E-state index >= 15 is 0 Å². The zero-order valence-electron chi connectivity index (χ0n) is 21.9. The van der Waals surface area contributed by atoms with Crippen LogP contribution < -0.4 is 4.74 Å². The zero-order chi connectivity index (χ0) is 25.2. The lowest BCUT2D eigenvalue weighted by atomic mass is 10.0. The summed E-state index contributed by atoms with van der Waals surface area (Å²) in [4.78, 5) is 30.7. The number of carbonyl (C=O) groups is 2. The van der Waals surface area contributed by atoms with Crippen LogP contribution in [0.1, 0.15) is 75.2 Å². The quantitative estimate of drug-likeness (QED) is 0.598. The Kier molecular flexibility index (Phi) is 10.2. The Balaban J connectivity index is 1.82. The minimum atomic E-state index is -0.0372. The molecule has 0 unspecified atom stereocenters. The van der Waals surface area contributed by atoms with Gasteiger partial charge in [0.15, 0.2) is 0 Å². The molecule has 0 saturated heterocycles. The summed E-state index contributed by atoms with van der Waals surface area (Å²) in [5.41, 5.74) is 1.68. The maximum absolute atomic E-state index is 13.5. The number of aryl methyl sites for hydroxylation is 2. The molecule has 1 aliphatic heterocycles. The number of hydrogen-bond donors (Lipinski definition) is 0. The number of rotatable bonds is 6. The van der Waals surface area contributed by atoms with E-state index in [1.165, 1.54) is 0 Å². The van der Waals surface area contributed by atoms with E-state index in [9.17, 15) is 9.59 Å². The van der Waals surface area contributed by atoms with Crippen molar-refractivity contribution in [3.05, 3.63) is 47.8 Å². The molecule has 0 aliphatic carbocycles. The molecule has 1 aromatic carbocycles. The van der Waals surface area contributed by atoms with Gasteiger partial charge in [0.25, 0.3) is 5.91 Å². The average molecular weight is 483 g/mol. The van der Waals surface area contributed by atoms with Gasteiger partial charge in [-0.1, -0.05) is 38.8 Å². The molecule has 1 aliphatic rings. The lowest BCUT2D eigenvalue weighted by molar-refractivity contribution is -0.134. The fourth-order valence-corrected chi connectivity index (χ4v) is 4.80. The molecule has 35 heavy (non-hydrogen) atoms. The first-order valence-corrected chi connectivity index (χ1v) is 13.2. The second kappa shape index (κ2) is 13.3. The van der Waals surface area contributed by atoms with E-state index in [2.05, 4.69) is 18.9 Å². The molecule has 0 fully saturated rings.